The highest BCUT2D eigenvalue weighted by Crippen LogP contribution is 2.33. The second kappa shape index (κ2) is 7.13. The molecule has 0 saturated heterocycles. The first-order valence-corrected chi connectivity index (χ1v) is 10.0. The number of amides is 1. The largest absolute Gasteiger partial charge is 0.359 e. The van der Waals surface area contributed by atoms with Crippen molar-refractivity contribution in [1.82, 2.24) is 0 Å². The molecule has 0 fully saturated rings. The number of fused-ring (bicyclic) bond motifs is 1. The van der Waals surface area contributed by atoms with Crippen molar-refractivity contribution in [2.45, 2.75) is 31.2 Å². The van der Waals surface area contributed by atoms with E-state index in [4.69, 9.17) is 5.14 Å². The highest BCUT2D eigenvalue weighted by molar-refractivity contribution is 7.89. The third-order valence-corrected chi connectivity index (χ3v) is 5.54. The molecule has 142 valence electrons. The molecule has 1 aliphatic heterocycles. The SMILES string of the molecule is CC(=O)c1ccccc1NC(=O)CN1c2ccc(S(N)(=O)=O)cc2C[C@H]1C. The van der Waals surface area contributed by atoms with Gasteiger partial charge >= 0.3 is 0 Å². The molecule has 1 heterocycles. The Balaban J connectivity index is 1.79. The summed E-state index contributed by atoms with van der Waals surface area (Å²) in [7, 11) is -3.77. The topological polar surface area (TPSA) is 110 Å². The summed E-state index contributed by atoms with van der Waals surface area (Å²) in [5.41, 5.74) is 2.58. The van der Waals surface area contributed by atoms with Crippen LogP contribution in [0.3, 0.4) is 0 Å². The molecule has 0 aliphatic carbocycles. The molecule has 0 unspecified atom stereocenters. The van der Waals surface area contributed by atoms with Crippen molar-refractivity contribution in [3.8, 4) is 0 Å². The molecule has 1 aliphatic rings. The standard InChI is InChI=1S/C19H21N3O4S/c1-12-9-14-10-15(27(20,25)26)7-8-18(14)22(12)11-19(24)21-17-6-4-3-5-16(17)13(2)23/h3-8,10,12H,9,11H2,1-2H3,(H,21,24)(H2,20,25,26)/t12-/m1/s1. The number of anilines is 2. The zero-order valence-corrected chi connectivity index (χ0v) is 15.9. The van der Waals surface area contributed by atoms with E-state index in [1.165, 1.54) is 13.0 Å². The third-order valence-electron chi connectivity index (χ3n) is 4.63. The predicted octanol–water partition coefficient (Wildman–Crippen LogP) is 1.93. The maximum Gasteiger partial charge on any atom is 0.243 e. The number of rotatable bonds is 5. The van der Waals surface area contributed by atoms with Crippen LogP contribution >= 0.6 is 0 Å². The summed E-state index contributed by atoms with van der Waals surface area (Å²) in [6.07, 6.45) is 0.621. The van der Waals surface area contributed by atoms with Gasteiger partial charge in [0.2, 0.25) is 15.9 Å². The van der Waals surface area contributed by atoms with Gasteiger partial charge in [0.15, 0.2) is 5.78 Å². The van der Waals surface area contributed by atoms with Gasteiger partial charge in [0.25, 0.3) is 0 Å². The van der Waals surface area contributed by atoms with Crippen LogP contribution < -0.4 is 15.4 Å². The first kappa shape index (κ1) is 19.1. The quantitative estimate of drug-likeness (QED) is 0.762. The Bertz CT molecular complexity index is 1020. The fourth-order valence-electron chi connectivity index (χ4n) is 3.33. The van der Waals surface area contributed by atoms with Gasteiger partial charge in [-0.3, -0.25) is 9.59 Å². The summed E-state index contributed by atoms with van der Waals surface area (Å²) in [6.45, 7) is 3.51. The zero-order valence-electron chi connectivity index (χ0n) is 15.1. The Labute approximate surface area is 158 Å². The van der Waals surface area contributed by atoms with Crippen LogP contribution in [0.15, 0.2) is 47.4 Å². The Morgan fingerprint density at radius 1 is 1.22 bits per heavy atom. The van der Waals surface area contributed by atoms with Gasteiger partial charge in [-0.25, -0.2) is 13.6 Å². The monoisotopic (exact) mass is 387 g/mol. The van der Waals surface area contributed by atoms with Crippen molar-refractivity contribution in [2.24, 2.45) is 5.14 Å². The van der Waals surface area contributed by atoms with Gasteiger partial charge in [-0.2, -0.15) is 0 Å². The van der Waals surface area contributed by atoms with E-state index in [2.05, 4.69) is 5.32 Å². The van der Waals surface area contributed by atoms with Crippen molar-refractivity contribution in [2.75, 3.05) is 16.8 Å². The van der Waals surface area contributed by atoms with Crippen molar-refractivity contribution < 1.29 is 18.0 Å². The molecule has 0 saturated carbocycles. The van der Waals surface area contributed by atoms with E-state index in [-0.39, 0.29) is 29.2 Å². The average molecular weight is 387 g/mol. The van der Waals surface area contributed by atoms with E-state index in [1.54, 1.807) is 36.4 Å². The van der Waals surface area contributed by atoms with E-state index in [0.29, 0.717) is 17.7 Å². The number of sulfonamides is 1. The number of ketones is 1. The smallest absolute Gasteiger partial charge is 0.243 e. The number of hydrogen-bond donors (Lipinski definition) is 2. The fourth-order valence-corrected chi connectivity index (χ4v) is 3.90. The number of hydrogen-bond acceptors (Lipinski definition) is 5. The van der Waals surface area contributed by atoms with Crippen molar-refractivity contribution in [3.05, 3.63) is 53.6 Å². The van der Waals surface area contributed by atoms with E-state index in [0.717, 1.165) is 11.3 Å². The Morgan fingerprint density at radius 3 is 2.59 bits per heavy atom. The van der Waals surface area contributed by atoms with Gasteiger partial charge in [0.05, 0.1) is 17.1 Å². The number of carbonyl (C=O) groups excluding carboxylic acids is 2. The zero-order chi connectivity index (χ0) is 19.8. The number of primary sulfonamides is 1. The van der Waals surface area contributed by atoms with E-state index >= 15 is 0 Å². The lowest BCUT2D eigenvalue weighted by atomic mass is 10.1. The van der Waals surface area contributed by atoms with Gasteiger partial charge in [-0.15, -0.1) is 0 Å². The number of nitrogens with zero attached hydrogens (tertiary/aromatic N) is 1. The van der Waals surface area contributed by atoms with Gasteiger partial charge < -0.3 is 10.2 Å². The lowest BCUT2D eigenvalue weighted by molar-refractivity contribution is -0.115. The first-order chi connectivity index (χ1) is 12.7. The molecule has 2 aromatic carbocycles. The van der Waals surface area contributed by atoms with Crippen LogP contribution in [0.4, 0.5) is 11.4 Å². The Kier molecular flexibility index (Phi) is 5.03. The second-order valence-electron chi connectivity index (χ2n) is 6.67. The highest BCUT2D eigenvalue weighted by atomic mass is 32.2. The molecule has 1 amide bonds. The Morgan fingerprint density at radius 2 is 1.93 bits per heavy atom. The minimum Gasteiger partial charge on any atom is -0.359 e. The Hall–Kier alpha value is -2.71. The van der Waals surface area contributed by atoms with E-state index in [9.17, 15) is 18.0 Å². The first-order valence-electron chi connectivity index (χ1n) is 8.49. The molecular formula is C19H21N3O4S. The summed E-state index contributed by atoms with van der Waals surface area (Å²) < 4.78 is 23.1. The van der Waals surface area contributed by atoms with E-state index < -0.39 is 10.0 Å². The molecule has 7 nitrogen and oxygen atoms in total. The normalized spacial score (nSPS) is 16.1. The number of nitrogens with two attached hydrogens (primary N) is 1. The molecule has 0 bridgehead atoms. The van der Waals surface area contributed by atoms with Crippen LogP contribution in [0.5, 0.6) is 0 Å². The fraction of sp³-hybridized carbons (Fsp3) is 0.263. The highest BCUT2D eigenvalue weighted by Gasteiger charge is 2.28. The number of carbonyl (C=O) groups is 2. The van der Waals surface area contributed by atoms with Crippen molar-refractivity contribution >= 4 is 33.1 Å². The van der Waals surface area contributed by atoms with Crippen LogP contribution in [0.25, 0.3) is 0 Å². The van der Waals surface area contributed by atoms with Crippen LogP contribution in [-0.2, 0) is 21.2 Å². The van der Waals surface area contributed by atoms with Crippen molar-refractivity contribution in [1.29, 1.82) is 0 Å². The summed E-state index contributed by atoms with van der Waals surface area (Å²) in [5.74, 6) is -0.375. The summed E-state index contributed by atoms with van der Waals surface area (Å²) in [4.78, 5) is 26.2. The molecular weight excluding hydrogens is 366 g/mol. The van der Waals surface area contributed by atoms with Gasteiger partial charge in [-0.1, -0.05) is 12.1 Å². The molecule has 3 N–H and O–H groups in total. The van der Waals surface area contributed by atoms with Crippen LogP contribution in [-0.4, -0.2) is 32.7 Å². The maximum atomic E-state index is 12.5. The number of benzene rings is 2. The minimum absolute atomic E-state index is 0.0320. The predicted molar refractivity (Wildman–Crippen MR) is 103 cm³/mol. The molecule has 27 heavy (non-hydrogen) atoms. The lowest BCUT2D eigenvalue weighted by Gasteiger charge is -2.24. The van der Waals surface area contributed by atoms with Crippen LogP contribution in [0.1, 0.15) is 29.8 Å². The molecule has 0 aromatic heterocycles. The summed E-state index contributed by atoms with van der Waals surface area (Å²) >= 11 is 0. The number of nitrogens with one attached hydrogen (secondary N) is 1. The summed E-state index contributed by atoms with van der Waals surface area (Å²) in [5, 5.41) is 7.98. The van der Waals surface area contributed by atoms with Crippen LogP contribution in [0.2, 0.25) is 0 Å². The number of Topliss-reactive ketones (excluding diaryl/α,β-unsaturated/α-hetero) is 1. The third kappa shape index (κ3) is 4.01. The molecule has 0 spiro atoms. The van der Waals surface area contributed by atoms with Gasteiger partial charge in [0, 0.05) is 17.3 Å². The van der Waals surface area contributed by atoms with E-state index in [1.807, 2.05) is 11.8 Å². The molecule has 1 atom stereocenters. The maximum absolute atomic E-state index is 12.5. The van der Waals surface area contributed by atoms with Gasteiger partial charge in [-0.05, 0) is 56.2 Å². The molecule has 8 heteroatoms. The molecule has 0 radical (unpaired) electrons. The average Bonchev–Trinajstić information content (AvgIpc) is 2.89. The minimum atomic E-state index is -3.77. The molecule has 2 aromatic rings. The number of para-hydroxylation sites is 1. The lowest BCUT2D eigenvalue weighted by Crippen LogP contribution is -2.37. The van der Waals surface area contributed by atoms with Crippen LogP contribution in [0, 0.1) is 0 Å². The summed E-state index contributed by atoms with van der Waals surface area (Å²) in [6, 6.07) is 11.6. The van der Waals surface area contributed by atoms with Gasteiger partial charge in [0.1, 0.15) is 0 Å². The second-order valence-corrected chi connectivity index (χ2v) is 8.23. The van der Waals surface area contributed by atoms with Crippen molar-refractivity contribution in [3.63, 3.8) is 0 Å². The molecule has 3 rings (SSSR count).